The van der Waals surface area contributed by atoms with Crippen LogP contribution in [-0.4, -0.2) is 35.5 Å². The highest BCUT2D eigenvalue weighted by Gasteiger charge is 2.48. The van der Waals surface area contributed by atoms with Gasteiger partial charge in [0, 0.05) is 44.1 Å². The van der Waals surface area contributed by atoms with Crippen molar-refractivity contribution in [2.24, 2.45) is 16.7 Å². The minimum atomic E-state index is -1.08. The Hall–Kier alpha value is -2.96. The number of rotatable bonds is 5. The van der Waals surface area contributed by atoms with Crippen molar-refractivity contribution >= 4 is 23.3 Å². The van der Waals surface area contributed by atoms with E-state index in [0.29, 0.717) is 5.56 Å². The van der Waals surface area contributed by atoms with Gasteiger partial charge < -0.3 is 14.6 Å². The SMILES string of the molecule is COc1cc([C@@H](C2=C(O)CC(C)(C)CC2=O)C2C(=O)CC(C)(C)CC2=O)ccc1OC(C)=O. The molecule has 0 spiro atoms. The quantitative estimate of drug-likeness (QED) is 0.395. The number of carbonyl (C=O) groups excluding carboxylic acids is 4. The zero-order valence-corrected chi connectivity index (χ0v) is 20.1. The number of carbonyl (C=O) groups is 4. The van der Waals surface area contributed by atoms with Crippen molar-refractivity contribution in [2.75, 3.05) is 7.11 Å². The summed E-state index contributed by atoms with van der Waals surface area (Å²) in [6, 6.07) is 4.69. The Morgan fingerprint density at radius 2 is 1.55 bits per heavy atom. The van der Waals surface area contributed by atoms with Gasteiger partial charge in [-0.1, -0.05) is 33.8 Å². The van der Waals surface area contributed by atoms with Crippen molar-refractivity contribution in [1.82, 2.24) is 0 Å². The zero-order valence-electron chi connectivity index (χ0n) is 20.1. The lowest BCUT2D eigenvalue weighted by Crippen LogP contribution is -2.43. The predicted molar refractivity (Wildman–Crippen MR) is 121 cm³/mol. The fraction of sp³-hybridized carbons (Fsp3) is 0.538. The van der Waals surface area contributed by atoms with Crippen molar-refractivity contribution < 1.29 is 33.8 Å². The van der Waals surface area contributed by atoms with Crippen molar-refractivity contribution in [3.8, 4) is 11.5 Å². The van der Waals surface area contributed by atoms with Crippen molar-refractivity contribution in [3.63, 3.8) is 0 Å². The minimum absolute atomic E-state index is 0.0882. The second kappa shape index (κ2) is 8.76. The van der Waals surface area contributed by atoms with Crippen LogP contribution in [0.2, 0.25) is 0 Å². The van der Waals surface area contributed by atoms with Crippen LogP contribution in [0.5, 0.6) is 11.5 Å². The molecule has 0 saturated heterocycles. The number of hydrogen-bond acceptors (Lipinski definition) is 7. The van der Waals surface area contributed by atoms with Crippen molar-refractivity contribution in [2.45, 2.75) is 66.2 Å². The number of methoxy groups -OCH3 is 1. The first-order valence-corrected chi connectivity index (χ1v) is 11.1. The second-order valence-corrected chi connectivity index (χ2v) is 10.7. The fourth-order valence-electron chi connectivity index (χ4n) is 5.07. The van der Waals surface area contributed by atoms with Gasteiger partial charge in [-0.15, -0.1) is 0 Å². The molecule has 1 aromatic rings. The van der Waals surface area contributed by atoms with Gasteiger partial charge >= 0.3 is 5.97 Å². The topological polar surface area (TPSA) is 107 Å². The van der Waals surface area contributed by atoms with Crippen LogP contribution >= 0.6 is 0 Å². The Kier molecular flexibility index (Phi) is 6.55. The first-order valence-electron chi connectivity index (χ1n) is 11.1. The van der Waals surface area contributed by atoms with Crippen molar-refractivity contribution in [3.05, 3.63) is 35.1 Å². The monoisotopic (exact) mass is 456 g/mol. The van der Waals surface area contributed by atoms with Gasteiger partial charge in [0.15, 0.2) is 17.3 Å². The molecule has 0 aliphatic heterocycles. The van der Waals surface area contributed by atoms with Crippen LogP contribution < -0.4 is 9.47 Å². The van der Waals surface area contributed by atoms with Gasteiger partial charge in [0.25, 0.3) is 0 Å². The number of Topliss-reactive ketones (excluding diaryl/α,β-unsaturated/α-hetero) is 3. The molecule has 0 aromatic heterocycles. The zero-order chi connectivity index (χ0) is 24.7. The molecule has 0 unspecified atom stereocenters. The van der Waals surface area contributed by atoms with Gasteiger partial charge in [0.1, 0.15) is 17.3 Å². The molecule has 0 bridgehead atoms. The van der Waals surface area contributed by atoms with E-state index in [2.05, 4.69) is 0 Å². The summed E-state index contributed by atoms with van der Waals surface area (Å²) in [6.07, 6.45) is 0.882. The molecule has 1 saturated carbocycles. The van der Waals surface area contributed by atoms with Gasteiger partial charge in [0.05, 0.1) is 13.0 Å². The van der Waals surface area contributed by atoms with E-state index < -0.39 is 28.6 Å². The number of esters is 1. The average Bonchev–Trinajstić information content (AvgIpc) is 2.63. The number of ketones is 3. The Labute approximate surface area is 194 Å². The lowest BCUT2D eigenvalue weighted by Gasteiger charge is -2.39. The summed E-state index contributed by atoms with van der Waals surface area (Å²) < 4.78 is 10.5. The van der Waals surface area contributed by atoms with E-state index >= 15 is 0 Å². The molecule has 33 heavy (non-hydrogen) atoms. The number of allylic oxidation sites excluding steroid dienone is 2. The van der Waals surface area contributed by atoms with Crippen LogP contribution in [-0.2, 0) is 19.2 Å². The molecule has 0 radical (unpaired) electrons. The third-order valence-corrected chi connectivity index (χ3v) is 6.34. The summed E-state index contributed by atoms with van der Waals surface area (Å²) in [5.74, 6) is -2.99. The molecule has 0 heterocycles. The van der Waals surface area contributed by atoms with Crippen LogP contribution in [0.4, 0.5) is 0 Å². The smallest absolute Gasteiger partial charge is 0.308 e. The first-order chi connectivity index (χ1) is 15.2. The van der Waals surface area contributed by atoms with Gasteiger partial charge in [-0.05, 0) is 28.5 Å². The lowest BCUT2D eigenvalue weighted by molar-refractivity contribution is -0.140. The predicted octanol–water partition coefficient (Wildman–Crippen LogP) is 4.48. The van der Waals surface area contributed by atoms with E-state index in [-0.39, 0.29) is 65.9 Å². The fourth-order valence-corrected chi connectivity index (χ4v) is 5.07. The van der Waals surface area contributed by atoms with E-state index in [0.717, 1.165) is 0 Å². The first kappa shape index (κ1) is 24.7. The molecule has 1 fully saturated rings. The van der Waals surface area contributed by atoms with Crippen LogP contribution in [0.15, 0.2) is 29.5 Å². The van der Waals surface area contributed by atoms with Gasteiger partial charge in [-0.25, -0.2) is 0 Å². The summed E-state index contributed by atoms with van der Waals surface area (Å²) >= 11 is 0. The molecular formula is C26H32O7. The highest BCUT2D eigenvalue weighted by atomic mass is 16.6. The number of ether oxygens (including phenoxy) is 2. The maximum Gasteiger partial charge on any atom is 0.308 e. The van der Waals surface area contributed by atoms with E-state index in [9.17, 15) is 24.3 Å². The molecule has 1 aromatic carbocycles. The molecule has 1 N–H and O–H groups in total. The van der Waals surface area contributed by atoms with Gasteiger partial charge in [-0.2, -0.15) is 0 Å². The third kappa shape index (κ3) is 5.18. The van der Waals surface area contributed by atoms with Gasteiger partial charge in [0.2, 0.25) is 0 Å². The van der Waals surface area contributed by atoms with E-state index in [4.69, 9.17) is 9.47 Å². The summed E-state index contributed by atoms with van der Waals surface area (Å²) in [6.45, 7) is 8.79. The highest BCUT2D eigenvalue weighted by Crippen LogP contribution is 2.48. The normalized spacial score (nSPS) is 21.7. The molecule has 7 heteroatoms. The van der Waals surface area contributed by atoms with Crippen LogP contribution in [0.1, 0.15) is 71.8 Å². The van der Waals surface area contributed by atoms with Gasteiger partial charge in [-0.3, -0.25) is 19.2 Å². The molecule has 7 nitrogen and oxygen atoms in total. The second-order valence-electron chi connectivity index (χ2n) is 10.7. The summed E-state index contributed by atoms with van der Waals surface area (Å²) in [5, 5.41) is 10.9. The number of aliphatic hydroxyl groups is 1. The Balaban J connectivity index is 2.19. The van der Waals surface area contributed by atoms with Crippen LogP contribution in [0.25, 0.3) is 0 Å². The molecule has 2 aliphatic rings. The van der Waals surface area contributed by atoms with E-state index in [1.54, 1.807) is 12.1 Å². The van der Waals surface area contributed by atoms with E-state index in [1.165, 1.54) is 20.1 Å². The highest BCUT2D eigenvalue weighted by molar-refractivity contribution is 6.09. The Morgan fingerprint density at radius 3 is 2.06 bits per heavy atom. The maximum atomic E-state index is 13.2. The molecule has 3 rings (SSSR count). The molecule has 1 atom stereocenters. The summed E-state index contributed by atoms with van der Waals surface area (Å²) in [5.41, 5.74) is -0.290. The molecular weight excluding hydrogens is 424 g/mol. The molecule has 2 aliphatic carbocycles. The summed E-state index contributed by atoms with van der Waals surface area (Å²) in [7, 11) is 1.41. The third-order valence-electron chi connectivity index (χ3n) is 6.34. The van der Waals surface area contributed by atoms with Crippen molar-refractivity contribution in [1.29, 1.82) is 0 Å². The van der Waals surface area contributed by atoms with Crippen LogP contribution in [0, 0.1) is 16.7 Å². The number of benzene rings is 1. The van der Waals surface area contributed by atoms with E-state index in [1.807, 2.05) is 27.7 Å². The largest absolute Gasteiger partial charge is 0.512 e. The number of aliphatic hydroxyl groups excluding tert-OH is 1. The minimum Gasteiger partial charge on any atom is -0.512 e. The average molecular weight is 457 g/mol. The Morgan fingerprint density at radius 1 is 0.970 bits per heavy atom. The molecule has 0 amide bonds. The number of hydrogen-bond donors (Lipinski definition) is 1. The summed E-state index contributed by atoms with van der Waals surface area (Å²) in [4.78, 5) is 51.2. The Bertz CT molecular complexity index is 1020. The van der Waals surface area contributed by atoms with Crippen LogP contribution in [0.3, 0.4) is 0 Å². The lowest BCUT2D eigenvalue weighted by atomic mass is 9.62. The maximum absolute atomic E-state index is 13.2. The standard InChI is InChI=1S/C26H32O7/c1-14(27)33-20-8-7-15(9-21(20)32-6)22(23-16(28)10-25(2,3)11-17(23)29)24-18(30)12-26(4,5)13-19(24)31/h7-9,22-23,30H,10-13H2,1-6H3/t22-/m1/s1. The molecule has 178 valence electrons.